The fourth-order valence-corrected chi connectivity index (χ4v) is 3.13. The highest BCUT2D eigenvalue weighted by Crippen LogP contribution is 2.38. The Labute approximate surface area is 106 Å². The van der Waals surface area contributed by atoms with Gasteiger partial charge in [-0.05, 0) is 38.3 Å². The first kappa shape index (κ1) is 14.6. The lowest BCUT2D eigenvalue weighted by Gasteiger charge is -2.18. The zero-order valence-corrected chi connectivity index (χ0v) is 12.0. The first-order valence-corrected chi connectivity index (χ1v) is 7.65. The average Bonchev–Trinajstić information content (AvgIpc) is 2.36. The molecule has 2 nitrogen and oxygen atoms in total. The van der Waals surface area contributed by atoms with E-state index in [4.69, 9.17) is 9.05 Å². The molecule has 0 saturated heterocycles. The normalized spacial score (nSPS) is 11.1. The number of unbranched alkanes of at least 4 members (excludes halogenated alkanes) is 1. The topological polar surface area (TPSA) is 18.5 Å². The summed E-state index contributed by atoms with van der Waals surface area (Å²) in [6.45, 7) is 7.66. The highest BCUT2D eigenvalue weighted by Gasteiger charge is 2.15. The number of hydrogen-bond donors (Lipinski definition) is 0. The van der Waals surface area contributed by atoms with Crippen LogP contribution in [0.4, 0.5) is 0 Å². The minimum absolute atomic E-state index is 0.702. The molecule has 0 fully saturated rings. The zero-order valence-electron chi connectivity index (χ0n) is 11.1. The molecule has 0 saturated carbocycles. The van der Waals surface area contributed by atoms with Crippen molar-refractivity contribution in [2.75, 3.05) is 13.2 Å². The number of aryl methyl sites for hydroxylation is 1. The van der Waals surface area contributed by atoms with Gasteiger partial charge in [0, 0.05) is 5.30 Å². The van der Waals surface area contributed by atoms with Crippen LogP contribution in [0.2, 0.25) is 0 Å². The Morgan fingerprint density at radius 2 is 1.65 bits per heavy atom. The van der Waals surface area contributed by atoms with E-state index in [1.54, 1.807) is 0 Å². The monoisotopic (exact) mass is 254 g/mol. The second kappa shape index (κ2) is 8.63. The molecule has 0 aromatic heterocycles. The molecule has 3 heteroatoms. The molecule has 0 unspecified atom stereocenters. The van der Waals surface area contributed by atoms with E-state index in [1.165, 1.54) is 23.7 Å². The molecule has 0 aliphatic rings. The summed E-state index contributed by atoms with van der Waals surface area (Å²) in [6.07, 6.45) is 3.56. The van der Waals surface area contributed by atoms with Gasteiger partial charge in [0.05, 0.1) is 13.2 Å². The fraction of sp³-hybridized carbons (Fsp3) is 0.571. The van der Waals surface area contributed by atoms with Crippen LogP contribution in [0.15, 0.2) is 24.3 Å². The summed E-state index contributed by atoms with van der Waals surface area (Å²) in [6, 6.07) is 8.50. The van der Waals surface area contributed by atoms with Crippen LogP contribution in [0.3, 0.4) is 0 Å². The second-order valence-corrected chi connectivity index (χ2v) is 5.34. The first-order chi connectivity index (χ1) is 8.33. The van der Waals surface area contributed by atoms with E-state index in [0.717, 1.165) is 6.42 Å². The van der Waals surface area contributed by atoms with Crippen LogP contribution in [0.1, 0.15) is 39.2 Å². The van der Waals surface area contributed by atoms with E-state index in [1.807, 2.05) is 13.8 Å². The molecular weight excluding hydrogens is 231 g/mol. The fourth-order valence-electron chi connectivity index (χ4n) is 1.68. The van der Waals surface area contributed by atoms with Crippen molar-refractivity contribution in [1.82, 2.24) is 0 Å². The molecule has 96 valence electrons. The van der Waals surface area contributed by atoms with Gasteiger partial charge in [-0.25, -0.2) is 0 Å². The Bertz CT molecular complexity index is 309. The Kier molecular flexibility index (Phi) is 7.43. The maximum absolute atomic E-state index is 5.73. The molecule has 1 rings (SSSR count). The standard InChI is InChI=1S/C14H23O2P/c1-4-7-10-13-11-8-9-12-14(13)17(15-5-2)16-6-3/h8-9,11-12H,4-7,10H2,1-3H3. The smallest absolute Gasteiger partial charge is 0.205 e. The number of rotatable bonds is 8. The van der Waals surface area contributed by atoms with Crippen LogP contribution in [0, 0.1) is 0 Å². The van der Waals surface area contributed by atoms with E-state index in [9.17, 15) is 0 Å². The van der Waals surface area contributed by atoms with Gasteiger partial charge < -0.3 is 9.05 Å². The van der Waals surface area contributed by atoms with Crippen LogP contribution in [0.5, 0.6) is 0 Å². The molecule has 1 aromatic rings. The summed E-state index contributed by atoms with van der Waals surface area (Å²) in [4.78, 5) is 0. The first-order valence-electron chi connectivity index (χ1n) is 6.47. The van der Waals surface area contributed by atoms with Crippen molar-refractivity contribution in [1.29, 1.82) is 0 Å². The molecule has 0 aliphatic carbocycles. The van der Waals surface area contributed by atoms with Crippen molar-refractivity contribution in [3.8, 4) is 0 Å². The van der Waals surface area contributed by atoms with Gasteiger partial charge in [-0.15, -0.1) is 0 Å². The summed E-state index contributed by atoms with van der Waals surface area (Å²) in [7, 11) is -0.893. The SMILES string of the molecule is CCCCc1ccccc1P(OCC)OCC. The maximum Gasteiger partial charge on any atom is 0.205 e. The van der Waals surface area contributed by atoms with Crippen LogP contribution in [-0.4, -0.2) is 13.2 Å². The van der Waals surface area contributed by atoms with Gasteiger partial charge >= 0.3 is 0 Å². The third-order valence-corrected chi connectivity index (χ3v) is 4.30. The second-order valence-electron chi connectivity index (χ2n) is 3.82. The number of benzene rings is 1. The minimum Gasteiger partial charge on any atom is -0.331 e. The zero-order chi connectivity index (χ0) is 12.5. The highest BCUT2D eigenvalue weighted by atomic mass is 31.2. The highest BCUT2D eigenvalue weighted by molar-refractivity contribution is 7.56. The third kappa shape index (κ3) is 4.75. The van der Waals surface area contributed by atoms with Crippen molar-refractivity contribution in [2.45, 2.75) is 40.0 Å². The molecule has 0 heterocycles. The van der Waals surface area contributed by atoms with E-state index < -0.39 is 8.38 Å². The quantitative estimate of drug-likeness (QED) is 0.652. The minimum atomic E-state index is -0.893. The molecule has 1 aromatic carbocycles. The van der Waals surface area contributed by atoms with Crippen LogP contribution in [-0.2, 0) is 15.5 Å². The third-order valence-electron chi connectivity index (χ3n) is 2.48. The Morgan fingerprint density at radius 3 is 2.24 bits per heavy atom. The molecule has 17 heavy (non-hydrogen) atoms. The van der Waals surface area contributed by atoms with Gasteiger partial charge in [0.15, 0.2) is 0 Å². The Morgan fingerprint density at radius 1 is 1.00 bits per heavy atom. The van der Waals surface area contributed by atoms with Crippen LogP contribution >= 0.6 is 8.38 Å². The number of hydrogen-bond acceptors (Lipinski definition) is 2. The van der Waals surface area contributed by atoms with Crippen LogP contribution < -0.4 is 5.30 Å². The lowest BCUT2D eigenvalue weighted by atomic mass is 10.1. The van der Waals surface area contributed by atoms with Gasteiger partial charge in [0.2, 0.25) is 8.38 Å². The maximum atomic E-state index is 5.73. The van der Waals surface area contributed by atoms with E-state index in [0.29, 0.717) is 13.2 Å². The molecular formula is C14H23O2P. The lowest BCUT2D eigenvalue weighted by Crippen LogP contribution is -2.12. The van der Waals surface area contributed by atoms with Gasteiger partial charge in [-0.3, -0.25) is 0 Å². The molecule has 0 radical (unpaired) electrons. The average molecular weight is 254 g/mol. The predicted octanol–water partition coefficient (Wildman–Crippen LogP) is 4.04. The summed E-state index contributed by atoms with van der Waals surface area (Å²) in [5, 5.41) is 1.25. The Hall–Kier alpha value is -0.430. The van der Waals surface area contributed by atoms with Crippen molar-refractivity contribution in [3.05, 3.63) is 29.8 Å². The Balaban J connectivity index is 2.83. The van der Waals surface area contributed by atoms with Gasteiger partial charge in [0.25, 0.3) is 0 Å². The van der Waals surface area contributed by atoms with E-state index in [-0.39, 0.29) is 0 Å². The summed E-state index contributed by atoms with van der Waals surface area (Å²) in [5.74, 6) is 0. The van der Waals surface area contributed by atoms with E-state index >= 15 is 0 Å². The van der Waals surface area contributed by atoms with Crippen molar-refractivity contribution >= 4 is 13.7 Å². The molecule has 0 bridgehead atoms. The molecule has 0 spiro atoms. The van der Waals surface area contributed by atoms with Crippen molar-refractivity contribution < 1.29 is 9.05 Å². The van der Waals surface area contributed by atoms with Gasteiger partial charge in [-0.2, -0.15) is 0 Å². The molecule has 0 amide bonds. The summed E-state index contributed by atoms with van der Waals surface area (Å²) in [5.41, 5.74) is 1.38. The van der Waals surface area contributed by atoms with E-state index in [2.05, 4.69) is 31.2 Å². The van der Waals surface area contributed by atoms with Crippen molar-refractivity contribution in [2.24, 2.45) is 0 Å². The molecule has 0 N–H and O–H groups in total. The van der Waals surface area contributed by atoms with Crippen molar-refractivity contribution in [3.63, 3.8) is 0 Å². The molecule has 0 atom stereocenters. The van der Waals surface area contributed by atoms with Gasteiger partial charge in [0.1, 0.15) is 0 Å². The summed E-state index contributed by atoms with van der Waals surface area (Å²) < 4.78 is 11.5. The lowest BCUT2D eigenvalue weighted by molar-refractivity contribution is 0.277. The largest absolute Gasteiger partial charge is 0.331 e. The summed E-state index contributed by atoms with van der Waals surface area (Å²) >= 11 is 0. The molecule has 0 aliphatic heterocycles. The van der Waals surface area contributed by atoms with Crippen LogP contribution in [0.25, 0.3) is 0 Å². The van der Waals surface area contributed by atoms with Gasteiger partial charge in [-0.1, -0.05) is 31.5 Å². The predicted molar refractivity (Wildman–Crippen MR) is 74.9 cm³/mol.